The molecule has 4 heteroatoms. The molecule has 0 saturated heterocycles. The molecule has 0 spiro atoms. The second-order valence-corrected chi connectivity index (χ2v) is 4.98. The molecule has 0 bridgehead atoms. The Bertz CT molecular complexity index is 379. The van der Waals surface area contributed by atoms with Crippen LogP contribution in [0, 0.1) is 0 Å². The molecule has 1 aromatic rings. The van der Waals surface area contributed by atoms with Crippen LogP contribution in [0.15, 0.2) is 24.3 Å². The molecule has 1 rings (SSSR count). The van der Waals surface area contributed by atoms with Crippen molar-refractivity contribution in [3.05, 3.63) is 24.3 Å². The summed E-state index contributed by atoms with van der Waals surface area (Å²) >= 11 is 0. The summed E-state index contributed by atoms with van der Waals surface area (Å²) < 4.78 is 5.56. The molecule has 1 atom stereocenters. The smallest absolute Gasteiger partial charge is 0.253 e. The van der Waals surface area contributed by atoms with Crippen LogP contribution in [0.1, 0.15) is 27.7 Å². The maximum atomic E-state index is 11.8. The van der Waals surface area contributed by atoms with Gasteiger partial charge in [0.25, 0.3) is 5.91 Å². The highest BCUT2D eigenvalue weighted by atomic mass is 16.5. The number of carbonyl (C=O) groups excluding carboxylic acids is 1. The van der Waals surface area contributed by atoms with Crippen LogP contribution in [-0.2, 0) is 9.53 Å². The largest absolute Gasteiger partial charge is 0.399 e. The Balaban J connectivity index is 2.57. The van der Waals surface area contributed by atoms with Gasteiger partial charge < -0.3 is 15.8 Å². The highest BCUT2D eigenvalue weighted by molar-refractivity contribution is 5.94. The van der Waals surface area contributed by atoms with Gasteiger partial charge in [-0.1, -0.05) is 0 Å². The fourth-order valence-corrected chi connectivity index (χ4v) is 1.39. The molecule has 1 amide bonds. The minimum Gasteiger partial charge on any atom is -0.399 e. The van der Waals surface area contributed by atoms with Crippen LogP contribution >= 0.6 is 0 Å². The van der Waals surface area contributed by atoms with Crippen molar-refractivity contribution in [1.82, 2.24) is 0 Å². The molecule has 0 aliphatic rings. The molecule has 0 fully saturated rings. The van der Waals surface area contributed by atoms with E-state index in [1.807, 2.05) is 20.8 Å². The first kappa shape index (κ1) is 13.5. The highest BCUT2D eigenvalue weighted by Gasteiger charge is 2.20. The van der Waals surface area contributed by atoms with Gasteiger partial charge in [0, 0.05) is 11.4 Å². The van der Waals surface area contributed by atoms with Gasteiger partial charge in [-0.05, 0) is 52.0 Å². The Morgan fingerprint density at radius 1 is 1.29 bits per heavy atom. The quantitative estimate of drug-likeness (QED) is 0.792. The fraction of sp³-hybridized carbons (Fsp3) is 0.462. The van der Waals surface area contributed by atoms with E-state index in [2.05, 4.69) is 5.32 Å². The summed E-state index contributed by atoms with van der Waals surface area (Å²) in [6.45, 7) is 7.48. The summed E-state index contributed by atoms with van der Waals surface area (Å²) in [5, 5.41) is 2.77. The summed E-state index contributed by atoms with van der Waals surface area (Å²) in [5.74, 6) is -0.162. The lowest BCUT2D eigenvalue weighted by atomic mass is 10.2. The zero-order valence-electron chi connectivity index (χ0n) is 10.8. The van der Waals surface area contributed by atoms with Gasteiger partial charge in [-0.3, -0.25) is 4.79 Å². The lowest BCUT2D eigenvalue weighted by Crippen LogP contribution is -2.34. The summed E-state index contributed by atoms with van der Waals surface area (Å²) in [7, 11) is 0. The van der Waals surface area contributed by atoms with E-state index in [1.165, 1.54) is 0 Å². The SMILES string of the molecule is CC(OC(C)(C)C)C(=O)Nc1ccc(N)cc1. The third-order valence-electron chi connectivity index (χ3n) is 2.08. The van der Waals surface area contributed by atoms with E-state index >= 15 is 0 Å². The number of anilines is 2. The van der Waals surface area contributed by atoms with Crippen molar-refractivity contribution in [2.24, 2.45) is 0 Å². The van der Waals surface area contributed by atoms with Crippen LogP contribution in [-0.4, -0.2) is 17.6 Å². The first-order chi connectivity index (χ1) is 7.78. The van der Waals surface area contributed by atoms with Crippen molar-refractivity contribution >= 4 is 17.3 Å². The summed E-state index contributed by atoms with van der Waals surface area (Å²) in [6, 6.07) is 7.00. The number of nitrogens with one attached hydrogen (secondary N) is 1. The monoisotopic (exact) mass is 236 g/mol. The standard InChI is InChI=1S/C13H20N2O2/c1-9(17-13(2,3)4)12(16)15-11-7-5-10(14)6-8-11/h5-9H,14H2,1-4H3,(H,15,16). The summed E-state index contributed by atoms with van der Waals surface area (Å²) in [5.41, 5.74) is 6.61. The highest BCUT2D eigenvalue weighted by Crippen LogP contribution is 2.14. The van der Waals surface area contributed by atoms with Crippen LogP contribution in [0.25, 0.3) is 0 Å². The van der Waals surface area contributed by atoms with Gasteiger partial charge in [-0.2, -0.15) is 0 Å². The molecule has 94 valence electrons. The van der Waals surface area contributed by atoms with Gasteiger partial charge >= 0.3 is 0 Å². The van der Waals surface area contributed by atoms with Gasteiger partial charge in [-0.15, -0.1) is 0 Å². The Morgan fingerprint density at radius 3 is 2.29 bits per heavy atom. The Kier molecular flexibility index (Phi) is 4.12. The van der Waals surface area contributed by atoms with E-state index in [9.17, 15) is 4.79 Å². The van der Waals surface area contributed by atoms with Gasteiger partial charge in [-0.25, -0.2) is 0 Å². The third kappa shape index (κ3) is 4.87. The number of benzene rings is 1. The number of nitrogens with two attached hydrogens (primary N) is 1. The number of rotatable bonds is 3. The van der Waals surface area contributed by atoms with E-state index < -0.39 is 6.10 Å². The molecule has 1 unspecified atom stereocenters. The first-order valence-electron chi connectivity index (χ1n) is 5.62. The van der Waals surface area contributed by atoms with Gasteiger partial charge in [0.15, 0.2) is 0 Å². The molecule has 0 aromatic heterocycles. The Labute approximate surface area is 102 Å². The number of nitrogen functional groups attached to an aromatic ring is 1. The normalized spacial score (nSPS) is 13.2. The Hall–Kier alpha value is -1.55. The predicted octanol–water partition coefficient (Wildman–Crippen LogP) is 2.41. The number of hydrogen-bond acceptors (Lipinski definition) is 3. The molecule has 0 aliphatic heterocycles. The molecule has 0 heterocycles. The molecule has 0 aliphatic carbocycles. The lowest BCUT2D eigenvalue weighted by molar-refractivity contribution is -0.135. The number of amides is 1. The molecule has 1 aromatic carbocycles. The Morgan fingerprint density at radius 2 is 1.82 bits per heavy atom. The van der Waals surface area contributed by atoms with Gasteiger partial charge in [0.05, 0.1) is 5.60 Å². The van der Waals surface area contributed by atoms with E-state index in [1.54, 1.807) is 31.2 Å². The summed E-state index contributed by atoms with van der Waals surface area (Å²) in [4.78, 5) is 11.8. The van der Waals surface area contributed by atoms with Gasteiger partial charge in [0.1, 0.15) is 6.10 Å². The van der Waals surface area contributed by atoms with E-state index in [4.69, 9.17) is 10.5 Å². The molecule has 3 N–H and O–H groups in total. The molecular formula is C13H20N2O2. The molecule has 0 radical (unpaired) electrons. The van der Waals surface area contributed by atoms with Crippen LogP contribution in [0.4, 0.5) is 11.4 Å². The predicted molar refractivity (Wildman–Crippen MR) is 69.8 cm³/mol. The number of hydrogen-bond donors (Lipinski definition) is 2. The van der Waals surface area contributed by atoms with Crippen molar-refractivity contribution in [2.45, 2.75) is 39.4 Å². The molecule has 4 nitrogen and oxygen atoms in total. The first-order valence-corrected chi connectivity index (χ1v) is 5.62. The van der Waals surface area contributed by atoms with E-state index in [0.29, 0.717) is 11.4 Å². The minimum atomic E-state index is -0.493. The second-order valence-electron chi connectivity index (χ2n) is 4.98. The lowest BCUT2D eigenvalue weighted by Gasteiger charge is -2.24. The van der Waals surface area contributed by atoms with Crippen molar-refractivity contribution in [1.29, 1.82) is 0 Å². The van der Waals surface area contributed by atoms with E-state index in [-0.39, 0.29) is 11.5 Å². The number of ether oxygens (including phenoxy) is 1. The second kappa shape index (κ2) is 5.19. The van der Waals surface area contributed by atoms with Crippen LogP contribution < -0.4 is 11.1 Å². The fourth-order valence-electron chi connectivity index (χ4n) is 1.39. The minimum absolute atomic E-state index is 0.162. The van der Waals surface area contributed by atoms with Crippen molar-refractivity contribution in [3.8, 4) is 0 Å². The van der Waals surface area contributed by atoms with Crippen LogP contribution in [0.3, 0.4) is 0 Å². The topological polar surface area (TPSA) is 64.3 Å². The molecular weight excluding hydrogens is 216 g/mol. The maximum Gasteiger partial charge on any atom is 0.253 e. The van der Waals surface area contributed by atoms with E-state index in [0.717, 1.165) is 0 Å². The van der Waals surface area contributed by atoms with Crippen molar-refractivity contribution in [3.63, 3.8) is 0 Å². The average Bonchev–Trinajstić information content (AvgIpc) is 2.19. The zero-order valence-corrected chi connectivity index (χ0v) is 10.8. The zero-order chi connectivity index (χ0) is 13.1. The van der Waals surface area contributed by atoms with Gasteiger partial charge in [0.2, 0.25) is 0 Å². The average molecular weight is 236 g/mol. The van der Waals surface area contributed by atoms with Crippen LogP contribution in [0.2, 0.25) is 0 Å². The van der Waals surface area contributed by atoms with Crippen LogP contribution in [0.5, 0.6) is 0 Å². The van der Waals surface area contributed by atoms with Crippen molar-refractivity contribution < 1.29 is 9.53 Å². The molecule has 17 heavy (non-hydrogen) atoms. The number of carbonyl (C=O) groups is 1. The third-order valence-corrected chi connectivity index (χ3v) is 2.08. The van der Waals surface area contributed by atoms with Crippen molar-refractivity contribution in [2.75, 3.05) is 11.1 Å². The maximum absolute atomic E-state index is 11.8. The molecule has 0 saturated carbocycles. The summed E-state index contributed by atoms with van der Waals surface area (Å²) in [6.07, 6.45) is -0.493.